The molecule has 0 aliphatic carbocycles. The first-order valence-electron chi connectivity index (χ1n) is 5.16. The third-order valence-electron chi connectivity index (χ3n) is 2.28. The van der Waals surface area contributed by atoms with Crippen molar-refractivity contribution in [2.75, 3.05) is 0 Å². The molecular formula is C14H11NO2. The molecule has 3 nitrogen and oxygen atoms in total. The lowest BCUT2D eigenvalue weighted by Crippen LogP contribution is -1.83. The highest BCUT2D eigenvalue weighted by Crippen LogP contribution is 2.16. The molecule has 0 amide bonds. The number of phenolic OH excluding ortho intramolecular Hbond substituents is 1. The molecule has 0 bridgehead atoms. The smallest absolute Gasteiger partial charge is 0.150 e. The highest BCUT2D eigenvalue weighted by Gasteiger charge is 1.91. The summed E-state index contributed by atoms with van der Waals surface area (Å²) < 4.78 is 0. The minimum Gasteiger partial charge on any atom is -0.508 e. The molecule has 0 atom stereocenters. The Morgan fingerprint density at radius 2 is 1.47 bits per heavy atom. The van der Waals surface area contributed by atoms with Crippen LogP contribution in [0, 0.1) is 0 Å². The summed E-state index contributed by atoms with van der Waals surface area (Å²) in [4.78, 5) is 14.7. The van der Waals surface area contributed by atoms with Gasteiger partial charge in [0, 0.05) is 11.8 Å². The zero-order chi connectivity index (χ0) is 12.1. The van der Waals surface area contributed by atoms with E-state index in [0.717, 1.165) is 17.5 Å². The number of aromatic hydroxyl groups is 1. The van der Waals surface area contributed by atoms with Crippen LogP contribution in [0.1, 0.15) is 15.9 Å². The molecule has 17 heavy (non-hydrogen) atoms. The molecule has 0 aromatic heterocycles. The maximum Gasteiger partial charge on any atom is 0.150 e. The van der Waals surface area contributed by atoms with Gasteiger partial charge >= 0.3 is 0 Å². The number of aldehydes is 1. The van der Waals surface area contributed by atoms with Gasteiger partial charge in [-0.25, -0.2) is 0 Å². The van der Waals surface area contributed by atoms with Crippen molar-refractivity contribution < 1.29 is 9.90 Å². The number of nitrogens with zero attached hydrogens (tertiary/aromatic N) is 1. The molecule has 2 aromatic carbocycles. The highest BCUT2D eigenvalue weighted by molar-refractivity contribution is 5.84. The van der Waals surface area contributed by atoms with E-state index in [0.29, 0.717) is 5.56 Å². The molecule has 1 N–H and O–H groups in total. The van der Waals surface area contributed by atoms with Gasteiger partial charge in [0.05, 0.1) is 5.69 Å². The van der Waals surface area contributed by atoms with Crippen LogP contribution in [0.5, 0.6) is 5.75 Å². The quantitative estimate of drug-likeness (QED) is 0.645. The van der Waals surface area contributed by atoms with Gasteiger partial charge in [0.1, 0.15) is 12.0 Å². The lowest BCUT2D eigenvalue weighted by molar-refractivity contribution is 0.112. The van der Waals surface area contributed by atoms with Gasteiger partial charge in [-0.05, 0) is 29.8 Å². The van der Waals surface area contributed by atoms with Gasteiger partial charge in [-0.3, -0.25) is 9.79 Å². The Balaban J connectivity index is 2.14. The van der Waals surface area contributed by atoms with Crippen molar-refractivity contribution >= 4 is 18.2 Å². The van der Waals surface area contributed by atoms with Gasteiger partial charge in [-0.1, -0.05) is 24.3 Å². The van der Waals surface area contributed by atoms with E-state index in [-0.39, 0.29) is 5.75 Å². The molecule has 0 saturated carbocycles. The summed E-state index contributed by atoms with van der Waals surface area (Å²) in [6, 6.07) is 13.8. The van der Waals surface area contributed by atoms with Crippen LogP contribution in [0.4, 0.5) is 5.69 Å². The van der Waals surface area contributed by atoms with E-state index >= 15 is 0 Å². The lowest BCUT2D eigenvalue weighted by atomic mass is 10.2. The van der Waals surface area contributed by atoms with Gasteiger partial charge in [-0.15, -0.1) is 0 Å². The monoisotopic (exact) mass is 225 g/mol. The summed E-state index contributed by atoms with van der Waals surface area (Å²) in [6.45, 7) is 0. The average molecular weight is 225 g/mol. The average Bonchev–Trinajstić information content (AvgIpc) is 2.39. The number of hydrogen-bond donors (Lipinski definition) is 1. The third kappa shape index (κ3) is 3.01. The van der Waals surface area contributed by atoms with E-state index < -0.39 is 0 Å². The summed E-state index contributed by atoms with van der Waals surface area (Å²) in [7, 11) is 0. The number of phenols is 1. The van der Waals surface area contributed by atoms with Crippen LogP contribution < -0.4 is 0 Å². The second kappa shape index (κ2) is 5.07. The first-order chi connectivity index (χ1) is 8.28. The standard InChI is InChI=1S/C14H11NO2/c16-10-12-3-1-11(2-4-12)9-15-13-5-7-14(17)8-6-13/h1-10,17H. The maximum atomic E-state index is 10.5. The number of rotatable bonds is 3. The second-order valence-corrected chi connectivity index (χ2v) is 3.56. The van der Waals surface area contributed by atoms with E-state index in [1.165, 1.54) is 0 Å². The van der Waals surface area contributed by atoms with Crippen LogP contribution >= 0.6 is 0 Å². The molecule has 0 heterocycles. The first-order valence-corrected chi connectivity index (χ1v) is 5.16. The van der Waals surface area contributed by atoms with Gasteiger partial charge in [0.15, 0.2) is 0 Å². The fourth-order valence-corrected chi connectivity index (χ4v) is 1.35. The van der Waals surface area contributed by atoms with Crippen molar-refractivity contribution in [1.82, 2.24) is 0 Å². The van der Waals surface area contributed by atoms with Crippen LogP contribution in [0.15, 0.2) is 53.5 Å². The van der Waals surface area contributed by atoms with Crippen LogP contribution in [0.3, 0.4) is 0 Å². The van der Waals surface area contributed by atoms with Crippen molar-refractivity contribution in [2.24, 2.45) is 4.99 Å². The molecule has 0 unspecified atom stereocenters. The third-order valence-corrected chi connectivity index (χ3v) is 2.28. The number of aliphatic imine (C=N–C) groups is 1. The Bertz CT molecular complexity index is 527. The van der Waals surface area contributed by atoms with Crippen LogP contribution in [0.2, 0.25) is 0 Å². The molecule has 2 aromatic rings. The van der Waals surface area contributed by atoms with Crippen molar-refractivity contribution in [3.05, 3.63) is 59.7 Å². The van der Waals surface area contributed by atoms with E-state index in [4.69, 9.17) is 5.11 Å². The molecule has 0 spiro atoms. The summed E-state index contributed by atoms with van der Waals surface area (Å²) in [6.07, 6.45) is 2.52. The molecular weight excluding hydrogens is 214 g/mol. The fourth-order valence-electron chi connectivity index (χ4n) is 1.35. The van der Waals surface area contributed by atoms with E-state index in [1.807, 2.05) is 12.1 Å². The number of carbonyl (C=O) groups is 1. The van der Waals surface area contributed by atoms with Crippen molar-refractivity contribution in [1.29, 1.82) is 0 Å². The van der Waals surface area contributed by atoms with Crippen LogP contribution in [0.25, 0.3) is 0 Å². The molecule has 84 valence electrons. The predicted octanol–water partition coefficient (Wildman–Crippen LogP) is 2.96. The second-order valence-electron chi connectivity index (χ2n) is 3.56. The molecule has 3 heteroatoms. The number of carbonyl (C=O) groups excluding carboxylic acids is 1. The van der Waals surface area contributed by atoms with Gasteiger partial charge in [0.2, 0.25) is 0 Å². The fraction of sp³-hybridized carbons (Fsp3) is 0. The Hall–Kier alpha value is -2.42. The molecule has 0 radical (unpaired) electrons. The normalized spacial score (nSPS) is 10.6. The number of benzene rings is 2. The largest absolute Gasteiger partial charge is 0.508 e. The summed E-state index contributed by atoms with van der Waals surface area (Å²) in [5.74, 6) is 0.222. The Kier molecular flexibility index (Phi) is 3.31. The van der Waals surface area contributed by atoms with E-state index in [1.54, 1.807) is 42.6 Å². The molecule has 0 aliphatic rings. The van der Waals surface area contributed by atoms with E-state index in [9.17, 15) is 4.79 Å². The summed E-state index contributed by atoms with van der Waals surface area (Å²) >= 11 is 0. The van der Waals surface area contributed by atoms with Gasteiger partial charge in [-0.2, -0.15) is 0 Å². The Morgan fingerprint density at radius 3 is 2.06 bits per heavy atom. The molecule has 2 rings (SSSR count). The SMILES string of the molecule is O=Cc1ccc(C=Nc2ccc(O)cc2)cc1. The maximum absolute atomic E-state index is 10.5. The Morgan fingerprint density at radius 1 is 0.882 bits per heavy atom. The predicted molar refractivity (Wildman–Crippen MR) is 67.2 cm³/mol. The van der Waals surface area contributed by atoms with Crippen molar-refractivity contribution in [3.63, 3.8) is 0 Å². The minimum absolute atomic E-state index is 0.222. The van der Waals surface area contributed by atoms with Crippen molar-refractivity contribution in [2.45, 2.75) is 0 Å². The summed E-state index contributed by atoms with van der Waals surface area (Å²) in [5, 5.41) is 9.11. The van der Waals surface area contributed by atoms with E-state index in [2.05, 4.69) is 4.99 Å². The topological polar surface area (TPSA) is 49.7 Å². The highest BCUT2D eigenvalue weighted by atomic mass is 16.3. The zero-order valence-electron chi connectivity index (χ0n) is 9.08. The first kappa shape index (κ1) is 11.1. The van der Waals surface area contributed by atoms with Gasteiger partial charge < -0.3 is 5.11 Å². The lowest BCUT2D eigenvalue weighted by Gasteiger charge is -1.95. The number of hydrogen-bond acceptors (Lipinski definition) is 3. The van der Waals surface area contributed by atoms with Crippen molar-refractivity contribution in [3.8, 4) is 5.75 Å². The zero-order valence-corrected chi connectivity index (χ0v) is 9.08. The molecule has 0 saturated heterocycles. The molecule has 0 fully saturated rings. The minimum atomic E-state index is 0.222. The van der Waals surface area contributed by atoms with Crippen LogP contribution in [-0.4, -0.2) is 17.6 Å². The molecule has 0 aliphatic heterocycles. The summed E-state index contributed by atoms with van der Waals surface area (Å²) in [5.41, 5.74) is 2.33. The van der Waals surface area contributed by atoms with Gasteiger partial charge in [0.25, 0.3) is 0 Å². The Labute approximate surface area is 99.1 Å². The van der Waals surface area contributed by atoms with Crippen LogP contribution in [-0.2, 0) is 0 Å².